The fraction of sp³-hybridized carbons (Fsp3) is 0.435. The normalized spacial score (nSPS) is 20.5. The van der Waals surface area contributed by atoms with Gasteiger partial charge in [-0.05, 0) is 43.4 Å². The highest BCUT2D eigenvalue weighted by Gasteiger charge is 2.25. The fourth-order valence-electron chi connectivity index (χ4n) is 3.85. The molecule has 4 nitrogen and oxygen atoms in total. The maximum absolute atomic E-state index is 13.8. The van der Waals surface area contributed by atoms with E-state index in [4.69, 9.17) is 0 Å². The first-order chi connectivity index (χ1) is 14.1. The van der Waals surface area contributed by atoms with Crippen LogP contribution in [0.3, 0.4) is 0 Å². The van der Waals surface area contributed by atoms with Gasteiger partial charge in [0.25, 0.3) is 0 Å². The molecule has 2 aromatic rings. The molecule has 0 saturated carbocycles. The van der Waals surface area contributed by atoms with Crippen LogP contribution < -0.4 is 10.6 Å². The summed E-state index contributed by atoms with van der Waals surface area (Å²) in [4.78, 5) is 6.79. The molecular weight excluding hydrogens is 370 g/mol. The minimum Gasteiger partial charge on any atom is -0.356 e. The van der Waals surface area contributed by atoms with E-state index in [1.165, 1.54) is 11.6 Å². The summed E-state index contributed by atoms with van der Waals surface area (Å²) >= 11 is 0. The second-order valence-electron chi connectivity index (χ2n) is 7.63. The van der Waals surface area contributed by atoms with Crippen molar-refractivity contribution in [2.45, 2.75) is 44.8 Å². The molecule has 2 N–H and O–H groups in total. The molecule has 1 fully saturated rings. The molecule has 1 aliphatic heterocycles. The largest absolute Gasteiger partial charge is 0.356 e. The van der Waals surface area contributed by atoms with E-state index in [0.29, 0.717) is 36.6 Å². The number of likely N-dealkylation sites (tertiary alicyclic amines) is 1. The van der Waals surface area contributed by atoms with Gasteiger partial charge in [0.15, 0.2) is 17.6 Å². The predicted octanol–water partition coefficient (Wildman–Crippen LogP) is 3.73. The highest BCUT2D eigenvalue weighted by Crippen LogP contribution is 2.20. The van der Waals surface area contributed by atoms with Crippen molar-refractivity contribution in [3.8, 4) is 0 Å². The van der Waals surface area contributed by atoms with Gasteiger partial charge in [-0.25, -0.2) is 8.78 Å². The first kappa shape index (κ1) is 21.2. The van der Waals surface area contributed by atoms with Crippen molar-refractivity contribution < 1.29 is 8.78 Å². The van der Waals surface area contributed by atoms with Crippen molar-refractivity contribution in [3.63, 3.8) is 0 Å². The maximum Gasteiger partial charge on any atom is 0.191 e. The van der Waals surface area contributed by atoms with E-state index in [1.807, 2.05) is 6.07 Å². The molecule has 1 saturated heterocycles. The van der Waals surface area contributed by atoms with Crippen LogP contribution in [0.4, 0.5) is 8.78 Å². The van der Waals surface area contributed by atoms with Crippen LogP contribution in [0.25, 0.3) is 0 Å². The number of halogens is 2. The molecular formula is C23H30F2N4. The van der Waals surface area contributed by atoms with Crippen molar-refractivity contribution in [1.29, 1.82) is 0 Å². The van der Waals surface area contributed by atoms with E-state index in [-0.39, 0.29) is 0 Å². The van der Waals surface area contributed by atoms with Gasteiger partial charge >= 0.3 is 0 Å². The summed E-state index contributed by atoms with van der Waals surface area (Å²) in [5, 5.41) is 6.69. The zero-order valence-electron chi connectivity index (χ0n) is 17.2. The number of hydrogen-bond acceptors (Lipinski definition) is 2. The third kappa shape index (κ3) is 6.00. The summed E-state index contributed by atoms with van der Waals surface area (Å²) in [6, 6.07) is 15.7. The highest BCUT2D eigenvalue weighted by atomic mass is 19.2. The zero-order chi connectivity index (χ0) is 20.6. The molecule has 1 aliphatic rings. The van der Waals surface area contributed by atoms with E-state index < -0.39 is 11.6 Å². The lowest BCUT2D eigenvalue weighted by atomic mass is 9.97. The first-order valence-electron chi connectivity index (χ1n) is 10.2. The molecule has 3 rings (SSSR count). The van der Waals surface area contributed by atoms with E-state index >= 15 is 0 Å². The lowest BCUT2D eigenvalue weighted by Crippen LogP contribution is -2.51. The number of rotatable bonds is 6. The molecule has 29 heavy (non-hydrogen) atoms. The zero-order valence-corrected chi connectivity index (χ0v) is 17.2. The van der Waals surface area contributed by atoms with Crippen molar-refractivity contribution in [2.75, 3.05) is 20.1 Å². The number of hydrogen-bond donors (Lipinski definition) is 2. The Labute approximate surface area is 172 Å². The maximum atomic E-state index is 13.8. The van der Waals surface area contributed by atoms with Crippen molar-refractivity contribution in [1.82, 2.24) is 15.5 Å². The molecule has 0 radical (unpaired) electrons. The van der Waals surface area contributed by atoms with Gasteiger partial charge in [-0.2, -0.15) is 0 Å². The number of guanidine groups is 1. The molecule has 6 heteroatoms. The predicted molar refractivity (Wildman–Crippen MR) is 114 cm³/mol. The van der Waals surface area contributed by atoms with Crippen LogP contribution in [0, 0.1) is 11.6 Å². The van der Waals surface area contributed by atoms with Crippen LogP contribution in [0.2, 0.25) is 0 Å². The summed E-state index contributed by atoms with van der Waals surface area (Å²) < 4.78 is 27.1. The third-order valence-electron chi connectivity index (χ3n) is 5.53. The lowest BCUT2D eigenvalue weighted by molar-refractivity contribution is 0.134. The minimum absolute atomic E-state index is 0.342. The molecule has 2 aromatic carbocycles. The number of benzene rings is 2. The SMILES string of the molecule is CN=C(NCCc1cccc(F)c1F)NC1CCN(Cc2ccccc2)C(C)C1. The average Bonchev–Trinajstić information content (AvgIpc) is 2.73. The molecule has 0 aromatic heterocycles. The Kier molecular flexibility index (Phi) is 7.58. The molecule has 1 heterocycles. The summed E-state index contributed by atoms with van der Waals surface area (Å²) in [6.45, 7) is 4.75. The standard InChI is InChI=1S/C23H30F2N4/c1-17-15-20(12-14-29(17)16-18-7-4-3-5-8-18)28-23(26-2)27-13-11-19-9-6-10-21(24)22(19)25/h3-10,17,20H,11-16H2,1-2H3,(H2,26,27,28). The van der Waals surface area contributed by atoms with E-state index in [0.717, 1.165) is 32.0 Å². The van der Waals surface area contributed by atoms with Gasteiger partial charge in [-0.3, -0.25) is 9.89 Å². The molecule has 0 aliphatic carbocycles. The molecule has 0 amide bonds. The summed E-state index contributed by atoms with van der Waals surface area (Å²) in [6.07, 6.45) is 2.47. The Hall–Kier alpha value is -2.47. The Morgan fingerprint density at radius 2 is 1.93 bits per heavy atom. The van der Waals surface area contributed by atoms with Gasteiger partial charge in [0.05, 0.1) is 0 Å². The topological polar surface area (TPSA) is 39.7 Å². The van der Waals surface area contributed by atoms with Crippen molar-refractivity contribution in [3.05, 3.63) is 71.3 Å². The van der Waals surface area contributed by atoms with Crippen LogP contribution in [0.5, 0.6) is 0 Å². The Morgan fingerprint density at radius 1 is 1.14 bits per heavy atom. The van der Waals surface area contributed by atoms with Gasteiger partial charge in [-0.1, -0.05) is 42.5 Å². The second kappa shape index (κ2) is 10.3. The van der Waals surface area contributed by atoms with Crippen LogP contribution in [0.15, 0.2) is 53.5 Å². The minimum atomic E-state index is -0.804. The number of nitrogens with one attached hydrogen (secondary N) is 2. The smallest absolute Gasteiger partial charge is 0.191 e. The van der Waals surface area contributed by atoms with Crippen LogP contribution >= 0.6 is 0 Å². The summed E-state index contributed by atoms with van der Waals surface area (Å²) in [5.74, 6) is -0.867. The first-order valence-corrected chi connectivity index (χ1v) is 10.2. The number of piperidine rings is 1. The quantitative estimate of drug-likeness (QED) is 0.573. The van der Waals surface area contributed by atoms with Gasteiger partial charge in [0.2, 0.25) is 0 Å². The highest BCUT2D eigenvalue weighted by molar-refractivity contribution is 5.79. The van der Waals surface area contributed by atoms with E-state index in [1.54, 1.807) is 13.1 Å². The Bertz CT molecular complexity index is 810. The Morgan fingerprint density at radius 3 is 2.66 bits per heavy atom. The fourth-order valence-corrected chi connectivity index (χ4v) is 3.85. The molecule has 0 spiro atoms. The van der Waals surface area contributed by atoms with Gasteiger partial charge in [-0.15, -0.1) is 0 Å². The van der Waals surface area contributed by atoms with Crippen molar-refractivity contribution >= 4 is 5.96 Å². The van der Waals surface area contributed by atoms with Gasteiger partial charge in [0, 0.05) is 38.8 Å². The summed E-state index contributed by atoms with van der Waals surface area (Å²) in [7, 11) is 1.73. The number of aliphatic imine (C=N–C) groups is 1. The molecule has 2 atom stereocenters. The molecule has 156 valence electrons. The third-order valence-corrected chi connectivity index (χ3v) is 5.53. The number of nitrogens with zero attached hydrogens (tertiary/aromatic N) is 2. The van der Waals surface area contributed by atoms with E-state index in [2.05, 4.69) is 51.7 Å². The van der Waals surface area contributed by atoms with Crippen LogP contribution in [0.1, 0.15) is 30.9 Å². The summed E-state index contributed by atoms with van der Waals surface area (Å²) in [5.41, 5.74) is 1.71. The monoisotopic (exact) mass is 400 g/mol. The second-order valence-corrected chi connectivity index (χ2v) is 7.63. The van der Waals surface area contributed by atoms with Crippen LogP contribution in [-0.4, -0.2) is 43.1 Å². The lowest BCUT2D eigenvalue weighted by Gasteiger charge is -2.38. The molecule has 0 bridgehead atoms. The Balaban J connectivity index is 1.45. The van der Waals surface area contributed by atoms with Crippen LogP contribution in [-0.2, 0) is 13.0 Å². The van der Waals surface area contributed by atoms with Gasteiger partial charge < -0.3 is 10.6 Å². The van der Waals surface area contributed by atoms with Gasteiger partial charge in [0.1, 0.15) is 0 Å². The van der Waals surface area contributed by atoms with Crippen molar-refractivity contribution in [2.24, 2.45) is 4.99 Å². The van der Waals surface area contributed by atoms with E-state index in [9.17, 15) is 8.78 Å². The average molecular weight is 401 g/mol. The molecule has 2 unspecified atom stereocenters.